The monoisotopic (exact) mass is 207 g/mol. The summed E-state index contributed by atoms with van der Waals surface area (Å²) >= 11 is 0. The molecule has 1 unspecified atom stereocenters. The molecule has 0 spiro atoms. The average molecular weight is 207 g/mol. The molecule has 3 heteroatoms. The summed E-state index contributed by atoms with van der Waals surface area (Å²) in [7, 11) is 2.06. The van der Waals surface area contributed by atoms with Gasteiger partial charge in [-0.2, -0.15) is 0 Å². The van der Waals surface area contributed by atoms with Gasteiger partial charge < -0.3 is 10.6 Å². The zero-order valence-electron chi connectivity index (χ0n) is 10.3. The number of anilines is 2. The second-order valence-corrected chi connectivity index (χ2v) is 4.49. The molecule has 1 heterocycles. The molecule has 0 saturated heterocycles. The highest BCUT2D eigenvalue weighted by molar-refractivity contribution is 5.54. The molecule has 15 heavy (non-hydrogen) atoms. The SMILES string of the molecule is Cc1cnc(N(C)C(C)C(C)C)cc1N. The van der Waals surface area contributed by atoms with Crippen LogP contribution < -0.4 is 10.6 Å². The largest absolute Gasteiger partial charge is 0.398 e. The first-order chi connectivity index (χ1) is 6.93. The Kier molecular flexibility index (Phi) is 3.56. The molecule has 1 aromatic heterocycles. The van der Waals surface area contributed by atoms with E-state index < -0.39 is 0 Å². The van der Waals surface area contributed by atoms with Crippen LogP contribution in [-0.2, 0) is 0 Å². The van der Waals surface area contributed by atoms with Crippen LogP contribution in [0.2, 0.25) is 0 Å². The van der Waals surface area contributed by atoms with Crippen molar-refractivity contribution < 1.29 is 0 Å². The lowest BCUT2D eigenvalue weighted by Gasteiger charge is -2.29. The zero-order valence-corrected chi connectivity index (χ0v) is 10.3. The van der Waals surface area contributed by atoms with E-state index in [-0.39, 0.29) is 0 Å². The Balaban J connectivity index is 2.91. The first-order valence-corrected chi connectivity index (χ1v) is 5.38. The van der Waals surface area contributed by atoms with Crippen LogP contribution in [0.15, 0.2) is 12.3 Å². The maximum absolute atomic E-state index is 5.87. The molecule has 0 aliphatic heterocycles. The summed E-state index contributed by atoms with van der Waals surface area (Å²) < 4.78 is 0. The van der Waals surface area contributed by atoms with E-state index in [4.69, 9.17) is 5.73 Å². The second kappa shape index (κ2) is 4.51. The first kappa shape index (κ1) is 11.8. The van der Waals surface area contributed by atoms with Crippen LogP contribution in [0.3, 0.4) is 0 Å². The van der Waals surface area contributed by atoms with Gasteiger partial charge in [0.1, 0.15) is 5.82 Å². The van der Waals surface area contributed by atoms with Gasteiger partial charge in [0.2, 0.25) is 0 Å². The number of nitrogens with two attached hydrogens (primary N) is 1. The third kappa shape index (κ3) is 2.61. The molecule has 0 aliphatic rings. The summed E-state index contributed by atoms with van der Waals surface area (Å²) in [6.45, 7) is 8.58. The van der Waals surface area contributed by atoms with Crippen molar-refractivity contribution in [3.05, 3.63) is 17.8 Å². The fourth-order valence-corrected chi connectivity index (χ4v) is 1.38. The van der Waals surface area contributed by atoms with Gasteiger partial charge in [-0.3, -0.25) is 0 Å². The highest BCUT2D eigenvalue weighted by Gasteiger charge is 2.14. The van der Waals surface area contributed by atoms with E-state index in [1.807, 2.05) is 19.2 Å². The van der Waals surface area contributed by atoms with Crippen molar-refractivity contribution in [1.82, 2.24) is 4.98 Å². The number of aromatic nitrogens is 1. The molecule has 2 N–H and O–H groups in total. The normalized spacial score (nSPS) is 12.9. The van der Waals surface area contributed by atoms with E-state index in [2.05, 4.69) is 37.7 Å². The third-order valence-corrected chi connectivity index (χ3v) is 3.07. The number of nitrogens with zero attached hydrogens (tertiary/aromatic N) is 2. The molecule has 84 valence electrons. The van der Waals surface area contributed by atoms with Crippen LogP contribution >= 0.6 is 0 Å². The summed E-state index contributed by atoms with van der Waals surface area (Å²) in [6, 6.07) is 2.40. The van der Waals surface area contributed by atoms with E-state index >= 15 is 0 Å². The molecule has 1 aromatic rings. The molecule has 0 bridgehead atoms. The molecule has 0 amide bonds. The molecular formula is C12H21N3. The van der Waals surface area contributed by atoms with Crippen molar-refractivity contribution in [3.63, 3.8) is 0 Å². The van der Waals surface area contributed by atoms with Gasteiger partial charge in [0.15, 0.2) is 0 Å². The number of aryl methyl sites for hydroxylation is 1. The lowest BCUT2D eigenvalue weighted by Crippen LogP contribution is -2.33. The van der Waals surface area contributed by atoms with Crippen molar-refractivity contribution in [1.29, 1.82) is 0 Å². The van der Waals surface area contributed by atoms with Crippen LogP contribution in [0, 0.1) is 12.8 Å². The Morgan fingerprint density at radius 2 is 1.93 bits per heavy atom. The fraction of sp³-hybridized carbons (Fsp3) is 0.583. The predicted octanol–water partition coefficient (Wildman–Crippen LogP) is 2.45. The van der Waals surface area contributed by atoms with Crippen LogP contribution in [0.5, 0.6) is 0 Å². The average Bonchev–Trinajstić information content (AvgIpc) is 2.19. The molecule has 1 rings (SSSR count). The lowest BCUT2D eigenvalue weighted by molar-refractivity contribution is 0.503. The Labute approximate surface area is 92.3 Å². The van der Waals surface area contributed by atoms with Crippen LogP contribution in [0.25, 0.3) is 0 Å². The molecule has 0 aliphatic carbocycles. The Morgan fingerprint density at radius 1 is 1.33 bits per heavy atom. The Bertz CT molecular complexity index is 334. The van der Waals surface area contributed by atoms with Crippen molar-refractivity contribution in [2.24, 2.45) is 5.92 Å². The number of pyridine rings is 1. The molecule has 3 nitrogen and oxygen atoms in total. The van der Waals surface area contributed by atoms with Gasteiger partial charge in [0, 0.05) is 31.0 Å². The number of hydrogen-bond acceptors (Lipinski definition) is 3. The standard InChI is InChI=1S/C12H21N3/c1-8(2)10(4)15(5)12-6-11(13)9(3)7-14-12/h6-8,10H,1-5H3,(H2,13,14). The predicted molar refractivity (Wildman–Crippen MR) is 66.1 cm³/mol. The van der Waals surface area contributed by atoms with Crippen molar-refractivity contribution >= 4 is 11.5 Å². The fourth-order valence-electron chi connectivity index (χ4n) is 1.38. The Hall–Kier alpha value is -1.25. The summed E-state index contributed by atoms with van der Waals surface area (Å²) in [4.78, 5) is 6.56. The van der Waals surface area contributed by atoms with Gasteiger partial charge in [-0.25, -0.2) is 4.98 Å². The van der Waals surface area contributed by atoms with Gasteiger partial charge in [-0.05, 0) is 25.3 Å². The van der Waals surface area contributed by atoms with Gasteiger partial charge in [0.05, 0.1) is 0 Å². The molecular weight excluding hydrogens is 186 g/mol. The van der Waals surface area contributed by atoms with Crippen molar-refractivity contribution in [2.75, 3.05) is 17.7 Å². The minimum Gasteiger partial charge on any atom is -0.398 e. The van der Waals surface area contributed by atoms with Crippen molar-refractivity contribution in [2.45, 2.75) is 33.7 Å². The molecule has 0 aromatic carbocycles. The van der Waals surface area contributed by atoms with E-state index in [0.717, 1.165) is 17.1 Å². The summed E-state index contributed by atoms with van der Waals surface area (Å²) in [5.41, 5.74) is 7.71. The second-order valence-electron chi connectivity index (χ2n) is 4.49. The number of hydrogen-bond donors (Lipinski definition) is 1. The molecule has 0 radical (unpaired) electrons. The maximum atomic E-state index is 5.87. The van der Waals surface area contributed by atoms with Crippen LogP contribution in [0.1, 0.15) is 26.3 Å². The number of nitrogen functional groups attached to an aromatic ring is 1. The molecule has 0 fully saturated rings. The minimum atomic E-state index is 0.458. The van der Waals surface area contributed by atoms with Gasteiger partial charge in [0.25, 0.3) is 0 Å². The Morgan fingerprint density at radius 3 is 2.40 bits per heavy atom. The third-order valence-electron chi connectivity index (χ3n) is 3.07. The van der Waals surface area contributed by atoms with Gasteiger partial charge in [-0.15, -0.1) is 0 Å². The van der Waals surface area contributed by atoms with Gasteiger partial charge >= 0.3 is 0 Å². The topological polar surface area (TPSA) is 42.2 Å². The smallest absolute Gasteiger partial charge is 0.130 e. The highest BCUT2D eigenvalue weighted by Crippen LogP contribution is 2.20. The van der Waals surface area contributed by atoms with Gasteiger partial charge in [-0.1, -0.05) is 13.8 Å². The van der Waals surface area contributed by atoms with Crippen LogP contribution in [0.4, 0.5) is 11.5 Å². The quantitative estimate of drug-likeness (QED) is 0.827. The highest BCUT2D eigenvalue weighted by atomic mass is 15.2. The molecule has 0 saturated carbocycles. The minimum absolute atomic E-state index is 0.458. The lowest BCUT2D eigenvalue weighted by atomic mass is 10.1. The van der Waals surface area contributed by atoms with E-state index in [0.29, 0.717) is 12.0 Å². The maximum Gasteiger partial charge on any atom is 0.130 e. The van der Waals surface area contributed by atoms with Crippen molar-refractivity contribution in [3.8, 4) is 0 Å². The number of rotatable bonds is 3. The summed E-state index contributed by atoms with van der Waals surface area (Å²) in [5.74, 6) is 1.54. The van der Waals surface area contributed by atoms with Crippen LogP contribution in [-0.4, -0.2) is 18.1 Å². The first-order valence-electron chi connectivity index (χ1n) is 5.38. The van der Waals surface area contributed by atoms with E-state index in [1.165, 1.54) is 0 Å². The summed E-state index contributed by atoms with van der Waals surface area (Å²) in [6.07, 6.45) is 1.83. The van der Waals surface area contributed by atoms with E-state index in [1.54, 1.807) is 0 Å². The van der Waals surface area contributed by atoms with E-state index in [9.17, 15) is 0 Å². The zero-order chi connectivity index (χ0) is 11.6. The summed E-state index contributed by atoms with van der Waals surface area (Å²) in [5, 5.41) is 0. The molecule has 1 atom stereocenters.